The van der Waals surface area contributed by atoms with Crippen molar-refractivity contribution in [3.05, 3.63) is 66.1 Å². The zero-order valence-corrected chi connectivity index (χ0v) is 14.8. The van der Waals surface area contributed by atoms with Crippen molar-refractivity contribution in [3.8, 4) is 5.75 Å². The van der Waals surface area contributed by atoms with Crippen LogP contribution in [0.25, 0.3) is 5.65 Å². The molecule has 1 atom stereocenters. The molecule has 6 nitrogen and oxygen atoms in total. The van der Waals surface area contributed by atoms with E-state index in [9.17, 15) is 4.79 Å². The van der Waals surface area contributed by atoms with E-state index in [0.29, 0.717) is 19.5 Å². The summed E-state index contributed by atoms with van der Waals surface area (Å²) in [6.07, 6.45) is 4.19. The summed E-state index contributed by atoms with van der Waals surface area (Å²) in [4.78, 5) is 19.2. The summed E-state index contributed by atoms with van der Waals surface area (Å²) in [6, 6.07) is 13.9. The fraction of sp³-hybridized carbons (Fsp3) is 0.300. The molecule has 1 aliphatic heterocycles. The van der Waals surface area contributed by atoms with Crippen LogP contribution in [0.4, 0.5) is 0 Å². The Morgan fingerprint density at radius 3 is 2.96 bits per heavy atom. The number of methoxy groups -OCH3 is 1. The van der Waals surface area contributed by atoms with Crippen molar-refractivity contribution in [2.45, 2.75) is 12.5 Å². The van der Waals surface area contributed by atoms with Gasteiger partial charge in [-0.15, -0.1) is 0 Å². The number of nitrogens with zero attached hydrogens (tertiary/aromatic N) is 3. The lowest BCUT2D eigenvalue weighted by Crippen LogP contribution is -2.48. The van der Waals surface area contributed by atoms with Gasteiger partial charge >= 0.3 is 0 Å². The van der Waals surface area contributed by atoms with Crippen LogP contribution in [0.5, 0.6) is 5.75 Å². The Morgan fingerprint density at radius 2 is 2.12 bits per heavy atom. The van der Waals surface area contributed by atoms with Gasteiger partial charge in [-0.1, -0.05) is 24.3 Å². The molecule has 1 saturated heterocycles. The Bertz CT molecular complexity index is 888. The molecule has 6 heteroatoms. The molecule has 134 valence electrons. The number of carbonyl (C=O) groups is 1. The SMILES string of the molecule is COc1ccccc1C1CN(C(=O)Cc2cn3ccccc3n2)CCN1. The molecule has 1 aliphatic rings. The third-order valence-corrected chi connectivity index (χ3v) is 4.79. The maximum Gasteiger partial charge on any atom is 0.228 e. The number of nitrogens with one attached hydrogen (secondary N) is 1. The minimum Gasteiger partial charge on any atom is -0.496 e. The van der Waals surface area contributed by atoms with E-state index in [1.54, 1.807) is 7.11 Å². The van der Waals surface area contributed by atoms with E-state index in [4.69, 9.17) is 4.74 Å². The first kappa shape index (κ1) is 16.6. The molecule has 1 unspecified atom stereocenters. The van der Waals surface area contributed by atoms with Gasteiger partial charge < -0.3 is 19.4 Å². The van der Waals surface area contributed by atoms with Gasteiger partial charge in [0, 0.05) is 37.6 Å². The summed E-state index contributed by atoms with van der Waals surface area (Å²) in [6.45, 7) is 2.10. The van der Waals surface area contributed by atoms with Crippen LogP contribution in [0.2, 0.25) is 0 Å². The van der Waals surface area contributed by atoms with Crippen LogP contribution in [0.3, 0.4) is 0 Å². The molecule has 2 aromatic heterocycles. The molecule has 0 radical (unpaired) electrons. The number of ether oxygens (including phenoxy) is 1. The van der Waals surface area contributed by atoms with E-state index in [2.05, 4.69) is 10.3 Å². The summed E-state index contributed by atoms with van der Waals surface area (Å²) in [5.41, 5.74) is 2.75. The molecule has 1 aromatic carbocycles. The number of pyridine rings is 1. The second-order valence-corrected chi connectivity index (χ2v) is 6.46. The van der Waals surface area contributed by atoms with Gasteiger partial charge in [0.1, 0.15) is 11.4 Å². The van der Waals surface area contributed by atoms with E-state index in [0.717, 1.165) is 29.2 Å². The molecule has 1 fully saturated rings. The largest absolute Gasteiger partial charge is 0.496 e. The molecule has 1 amide bonds. The van der Waals surface area contributed by atoms with Gasteiger partial charge in [0.25, 0.3) is 0 Å². The molecular weight excluding hydrogens is 328 g/mol. The van der Waals surface area contributed by atoms with E-state index in [1.807, 2.05) is 64.2 Å². The average Bonchev–Trinajstić information content (AvgIpc) is 3.10. The normalized spacial score (nSPS) is 17.4. The van der Waals surface area contributed by atoms with Crippen molar-refractivity contribution in [2.75, 3.05) is 26.7 Å². The molecule has 0 saturated carbocycles. The molecule has 1 N–H and O–H groups in total. The fourth-order valence-corrected chi connectivity index (χ4v) is 3.48. The first-order valence-corrected chi connectivity index (χ1v) is 8.81. The highest BCUT2D eigenvalue weighted by molar-refractivity contribution is 5.78. The van der Waals surface area contributed by atoms with Crippen LogP contribution in [0, 0.1) is 0 Å². The van der Waals surface area contributed by atoms with Gasteiger partial charge in [-0.2, -0.15) is 0 Å². The lowest BCUT2D eigenvalue weighted by Gasteiger charge is -2.34. The Morgan fingerprint density at radius 1 is 1.27 bits per heavy atom. The van der Waals surface area contributed by atoms with Crippen molar-refractivity contribution in [2.24, 2.45) is 0 Å². The summed E-state index contributed by atoms with van der Waals surface area (Å²) >= 11 is 0. The Kier molecular flexibility index (Phi) is 4.58. The van der Waals surface area contributed by atoms with E-state index in [1.165, 1.54) is 0 Å². The Balaban J connectivity index is 1.47. The third kappa shape index (κ3) is 3.28. The van der Waals surface area contributed by atoms with Crippen LogP contribution >= 0.6 is 0 Å². The number of hydrogen-bond donors (Lipinski definition) is 1. The smallest absolute Gasteiger partial charge is 0.228 e. The number of hydrogen-bond acceptors (Lipinski definition) is 4. The molecule has 3 heterocycles. The number of imidazole rings is 1. The zero-order valence-electron chi connectivity index (χ0n) is 14.8. The summed E-state index contributed by atoms with van der Waals surface area (Å²) in [5.74, 6) is 0.953. The zero-order chi connectivity index (χ0) is 17.9. The van der Waals surface area contributed by atoms with Crippen LogP contribution in [0.1, 0.15) is 17.3 Å². The number of carbonyl (C=O) groups excluding carboxylic acids is 1. The predicted octanol–water partition coefficient (Wildman–Crippen LogP) is 2.06. The number of para-hydroxylation sites is 1. The molecular formula is C20H22N4O2. The van der Waals surface area contributed by atoms with Crippen LogP contribution in [0.15, 0.2) is 54.9 Å². The molecule has 3 aromatic rings. The maximum absolute atomic E-state index is 12.8. The third-order valence-electron chi connectivity index (χ3n) is 4.79. The molecule has 0 aliphatic carbocycles. The number of amides is 1. The second-order valence-electron chi connectivity index (χ2n) is 6.46. The van der Waals surface area contributed by atoms with Gasteiger partial charge in [-0.3, -0.25) is 4.79 Å². The van der Waals surface area contributed by atoms with Gasteiger partial charge in [0.2, 0.25) is 5.91 Å². The van der Waals surface area contributed by atoms with Crippen molar-refractivity contribution in [3.63, 3.8) is 0 Å². The summed E-state index contributed by atoms with van der Waals surface area (Å²) < 4.78 is 7.41. The Hall–Kier alpha value is -2.86. The van der Waals surface area contributed by atoms with Crippen LogP contribution in [-0.4, -0.2) is 46.9 Å². The average molecular weight is 350 g/mol. The number of piperazine rings is 1. The van der Waals surface area contributed by atoms with Gasteiger partial charge in [0.15, 0.2) is 0 Å². The lowest BCUT2D eigenvalue weighted by atomic mass is 10.0. The van der Waals surface area contributed by atoms with Crippen molar-refractivity contribution in [1.29, 1.82) is 0 Å². The molecule has 0 bridgehead atoms. The van der Waals surface area contributed by atoms with Crippen molar-refractivity contribution in [1.82, 2.24) is 19.6 Å². The monoisotopic (exact) mass is 350 g/mol. The minimum absolute atomic E-state index is 0.0740. The van der Waals surface area contributed by atoms with Crippen LogP contribution in [-0.2, 0) is 11.2 Å². The first-order valence-electron chi connectivity index (χ1n) is 8.81. The fourth-order valence-electron chi connectivity index (χ4n) is 3.48. The topological polar surface area (TPSA) is 58.9 Å². The predicted molar refractivity (Wildman–Crippen MR) is 99.2 cm³/mol. The molecule has 0 spiro atoms. The summed E-state index contributed by atoms with van der Waals surface area (Å²) in [7, 11) is 1.67. The van der Waals surface area contributed by atoms with Gasteiger partial charge in [0.05, 0.1) is 25.3 Å². The van der Waals surface area contributed by atoms with Crippen molar-refractivity contribution < 1.29 is 9.53 Å². The number of fused-ring (bicyclic) bond motifs is 1. The van der Waals surface area contributed by atoms with Crippen molar-refractivity contribution >= 4 is 11.6 Å². The Labute approximate surface area is 152 Å². The summed E-state index contributed by atoms with van der Waals surface area (Å²) in [5, 5.41) is 3.49. The number of rotatable bonds is 4. The minimum atomic E-state index is 0.0740. The highest BCUT2D eigenvalue weighted by atomic mass is 16.5. The van der Waals surface area contributed by atoms with E-state index < -0.39 is 0 Å². The number of benzene rings is 1. The highest BCUT2D eigenvalue weighted by Crippen LogP contribution is 2.27. The molecule has 26 heavy (non-hydrogen) atoms. The maximum atomic E-state index is 12.8. The second kappa shape index (κ2) is 7.17. The van der Waals surface area contributed by atoms with Gasteiger partial charge in [-0.25, -0.2) is 4.98 Å². The van der Waals surface area contributed by atoms with Gasteiger partial charge in [-0.05, 0) is 18.2 Å². The molecule has 4 rings (SSSR count). The highest BCUT2D eigenvalue weighted by Gasteiger charge is 2.26. The quantitative estimate of drug-likeness (QED) is 0.782. The van der Waals surface area contributed by atoms with E-state index >= 15 is 0 Å². The lowest BCUT2D eigenvalue weighted by molar-refractivity contribution is -0.131. The van der Waals surface area contributed by atoms with Crippen LogP contribution < -0.4 is 10.1 Å². The standard InChI is InChI=1S/C20H22N4O2/c1-26-18-7-3-2-6-16(18)17-14-24(11-9-21-17)20(25)12-15-13-23-10-5-4-8-19(23)22-15/h2-8,10,13,17,21H,9,11-12,14H2,1H3. The van der Waals surface area contributed by atoms with E-state index in [-0.39, 0.29) is 11.9 Å². The first-order chi connectivity index (χ1) is 12.7. The number of aromatic nitrogens is 2.